The number of hydrogen-bond donors (Lipinski definition) is 1. The molecule has 1 aromatic carbocycles. The maximum Gasteiger partial charge on any atom is 0.220 e. The van der Waals surface area contributed by atoms with E-state index in [4.69, 9.17) is 9.47 Å². The van der Waals surface area contributed by atoms with Crippen LogP contribution in [-0.2, 0) is 11.3 Å². The average molecular weight is 431 g/mol. The number of rotatable bonds is 13. The zero-order chi connectivity index (χ0) is 22.1. The monoisotopic (exact) mass is 430 g/mol. The van der Waals surface area contributed by atoms with Gasteiger partial charge in [0.1, 0.15) is 11.5 Å². The molecule has 31 heavy (non-hydrogen) atoms. The molecule has 5 heteroatoms. The summed E-state index contributed by atoms with van der Waals surface area (Å²) in [5, 5.41) is 3.35. The Bertz CT molecular complexity index is 679. The van der Waals surface area contributed by atoms with E-state index in [2.05, 4.69) is 23.2 Å². The van der Waals surface area contributed by atoms with E-state index in [1.165, 1.54) is 56.9 Å². The van der Waals surface area contributed by atoms with Crippen LogP contribution in [0.2, 0.25) is 0 Å². The third-order valence-corrected chi connectivity index (χ3v) is 7.10. The molecule has 2 aliphatic heterocycles. The van der Waals surface area contributed by atoms with E-state index in [1.807, 2.05) is 12.1 Å². The van der Waals surface area contributed by atoms with E-state index in [9.17, 15) is 4.79 Å². The maximum absolute atomic E-state index is 12.4. The summed E-state index contributed by atoms with van der Waals surface area (Å²) in [6.45, 7) is 3.15. The molecule has 0 saturated carbocycles. The Balaban J connectivity index is 1.42. The first-order valence-electron chi connectivity index (χ1n) is 12.4. The molecular formula is C26H42N2O3. The molecule has 5 nitrogen and oxygen atoms in total. The summed E-state index contributed by atoms with van der Waals surface area (Å²) < 4.78 is 10.9. The fourth-order valence-electron chi connectivity index (χ4n) is 5.37. The minimum absolute atomic E-state index is 0.253. The van der Waals surface area contributed by atoms with Crippen LogP contribution in [0, 0.1) is 0 Å². The Labute approximate surface area is 188 Å². The first-order chi connectivity index (χ1) is 15.1. The summed E-state index contributed by atoms with van der Waals surface area (Å²) in [4.78, 5) is 15.1. The molecule has 1 aromatic rings. The van der Waals surface area contributed by atoms with Crippen LogP contribution in [0.5, 0.6) is 11.5 Å². The predicted molar refractivity (Wildman–Crippen MR) is 126 cm³/mol. The third-order valence-electron chi connectivity index (χ3n) is 7.10. The lowest BCUT2D eigenvalue weighted by Gasteiger charge is -2.39. The number of nitrogens with zero attached hydrogens (tertiary/aromatic N) is 1. The molecule has 3 rings (SSSR count). The number of nitrogens with one attached hydrogen (secondary N) is 1. The van der Waals surface area contributed by atoms with Gasteiger partial charge in [0.15, 0.2) is 0 Å². The highest BCUT2D eigenvalue weighted by Crippen LogP contribution is 2.38. The van der Waals surface area contributed by atoms with Crippen molar-refractivity contribution < 1.29 is 14.3 Å². The molecule has 0 radical (unpaired) electrons. The van der Waals surface area contributed by atoms with Crippen molar-refractivity contribution in [1.29, 1.82) is 0 Å². The number of benzene rings is 1. The van der Waals surface area contributed by atoms with Crippen LogP contribution >= 0.6 is 0 Å². The number of hydrogen-bond acceptors (Lipinski definition) is 4. The summed E-state index contributed by atoms with van der Waals surface area (Å²) >= 11 is 0. The van der Waals surface area contributed by atoms with Crippen molar-refractivity contribution in [2.75, 3.05) is 14.2 Å². The summed E-state index contributed by atoms with van der Waals surface area (Å²) in [6, 6.07) is 7.53. The van der Waals surface area contributed by atoms with Gasteiger partial charge in [0.05, 0.1) is 14.2 Å². The quantitative estimate of drug-likeness (QED) is 0.422. The van der Waals surface area contributed by atoms with Crippen LogP contribution in [0.1, 0.15) is 89.5 Å². The number of ether oxygens (including phenoxy) is 2. The zero-order valence-corrected chi connectivity index (χ0v) is 19.8. The lowest BCUT2D eigenvalue weighted by molar-refractivity contribution is -0.122. The van der Waals surface area contributed by atoms with Crippen molar-refractivity contribution in [3.05, 3.63) is 23.8 Å². The summed E-state index contributed by atoms with van der Waals surface area (Å²) in [6.07, 6.45) is 14.0. The third kappa shape index (κ3) is 6.86. The molecule has 2 heterocycles. The molecule has 0 aliphatic carbocycles. The van der Waals surface area contributed by atoms with Crippen molar-refractivity contribution in [2.24, 2.45) is 0 Å². The van der Waals surface area contributed by atoms with Gasteiger partial charge in [-0.05, 0) is 38.2 Å². The maximum atomic E-state index is 12.4. The number of unbranched alkanes of at least 4 members (excludes halogenated alkanes) is 6. The molecule has 0 aromatic heterocycles. The van der Waals surface area contributed by atoms with Crippen LogP contribution in [0.4, 0.5) is 0 Å². The van der Waals surface area contributed by atoms with Gasteiger partial charge >= 0.3 is 0 Å². The second-order valence-corrected chi connectivity index (χ2v) is 9.34. The van der Waals surface area contributed by atoms with Crippen molar-refractivity contribution in [3.8, 4) is 11.5 Å². The fourth-order valence-corrected chi connectivity index (χ4v) is 5.37. The van der Waals surface area contributed by atoms with E-state index < -0.39 is 0 Å². The number of fused-ring (bicyclic) bond motifs is 2. The van der Waals surface area contributed by atoms with Crippen molar-refractivity contribution >= 4 is 5.91 Å². The second-order valence-electron chi connectivity index (χ2n) is 9.34. The minimum atomic E-state index is 0.253. The molecule has 2 fully saturated rings. The molecule has 2 atom stereocenters. The highest BCUT2D eigenvalue weighted by atomic mass is 16.5. The molecular weight excluding hydrogens is 388 g/mol. The first kappa shape index (κ1) is 23.9. The number of piperidine rings is 1. The van der Waals surface area contributed by atoms with Gasteiger partial charge in [-0.15, -0.1) is 0 Å². The van der Waals surface area contributed by atoms with Gasteiger partial charge in [-0.25, -0.2) is 0 Å². The smallest absolute Gasteiger partial charge is 0.220 e. The topological polar surface area (TPSA) is 50.8 Å². The van der Waals surface area contributed by atoms with Crippen molar-refractivity contribution in [2.45, 2.75) is 109 Å². The van der Waals surface area contributed by atoms with Crippen LogP contribution in [0.15, 0.2) is 18.2 Å². The highest BCUT2D eigenvalue weighted by molar-refractivity contribution is 5.76. The fraction of sp³-hybridized carbons (Fsp3) is 0.731. The van der Waals surface area contributed by atoms with E-state index in [1.54, 1.807) is 14.2 Å². The summed E-state index contributed by atoms with van der Waals surface area (Å²) in [5.41, 5.74) is 1.21. The van der Waals surface area contributed by atoms with Crippen LogP contribution in [-0.4, -0.2) is 43.2 Å². The van der Waals surface area contributed by atoms with E-state index >= 15 is 0 Å². The highest BCUT2D eigenvalue weighted by Gasteiger charge is 2.41. The lowest BCUT2D eigenvalue weighted by Crippen LogP contribution is -2.49. The van der Waals surface area contributed by atoms with Gasteiger partial charge in [-0.1, -0.05) is 51.5 Å². The number of methoxy groups -OCH3 is 2. The lowest BCUT2D eigenvalue weighted by atomic mass is 9.96. The van der Waals surface area contributed by atoms with Gasteiger partial charge in [0.25, 0.3) is 0 Å². The molecule has 0 spiro atoms. The Morgan fingerprint density at radius 2 is 1.68 bits per heavy atom. The molecule has 1 amide bonds. The molecule has 2 unspecified atom stereocenters. The van der Waals surface area contributed by atoms with E-state index in [-0.39, 0.29) is 5.91 Å². The molecule has 2 aliphatic rings. The minimum Gasteiger partial charge on any atom is -0.497 e. The van der Waals surface area contributed by atoms with Gasteiger partial charge in [0, 0.05) is 42.7 Å². The van der Waals surface area contributed by atoms with Crippen LogP contribution < -0.4 is 14.8 Å². The van der Waals surface area contributed by atoms with Gasteiger partial charge < -0.3 is 14.8 Å². The zero-order valence-electron chi connectivity index (χ0n) is 19.8. The standard InChI is InChI=1S/C26H42N2O3/c1-4-5-6-7-8-9-10-11-26(29)27-21-16-22-13-14-23(17-21)28(22)19-20-12-15-24(30-2)18-25(20)31-3/h12,15,18,21-23H,4-11,13-14,16-17,19H2,1-3H3,(H,27,29). The normalized spacial score (nSPS) is 23.0. The van der Waals surface area contributed by atoms with Gasteiger partial charge in [0.2, 0.25) is 5.91 Å². The molecule has 2 bridgehead atoms. The Morgan fingerprint density at radius 3 is 2.32 bits per heavy atom. The Kier molecular flexibility index (Phi) is 9.51. The van der Waals surface area contributed by atoms with E-state index in [0.717, 1.165) is 37.3 Å². The number of amides is 1. The van der Waals surface area contributed by atoms with E-state index in [0.29, 0.717) is 24.5 Å². The Morgan fingerprint density at radius 1 is 1.00 bits per heavy atom. The molecule has 174 valence electrons. The van der Waals surface area contributed by atoms with Gasteiger partial charge in [-0.3, -0.25) is 9.69 Å². The SMILES string of the molecule is CCCCCCCCCC(=O)NC1CC2CCC(C1)N2Cc1ccc(OC)cc1OC. The Hall–Kier alpha value is -1.75. The van der Waals surface area contributed by atoms with Crippen molar-refractivity contribution in [3.63, 3.8) is 0 Å². The molecule has 2 saturated heterocycles. The van der Waals surface area contributed by atoms with Crippen LogP contribution in [0.3, 0.4) is 0 Å². The van der Waals surface area contributed by atoms with Crippen molar-refractivity contribution in [1.82, 2.24) is 10.2 Å². The molecule has 1 N–H and O–H groups in total. The predicted octanol–water partition coefficient (Wildman–Crippen LogP) is 5.46. The summed E-state index contributed by atoms with van der Waals surface area (Å²) in [7, 11) is 3.40. The second kappa shape index (κ2) is 12.3. The largest absolute Gasteiger partial charge is 0.497 e. The number of carbonyl (C=O) groups excluding carboxylic acids is 1. The van der Waals surface area contributed by atoms with Crippen LogP contribution in [0.25, 0.3) is 0 Å². The summed E-state index contributed by atoms with van der Waals surface area (Å²) in [5.74, 6) is 1.97. The number of carbonyl (C=O) groups is 1. The van der Waals surface area contributed by atoms with Gasteiger partial charge in [-0.2, -0.15) is 0 Å². The average Bonchev–Trinajstić information content (AvgIpc) is 3.01. The first-order valence-corrected chi connectivity index (χ1v) is 12.4.